The summed E-state index contributed by atoms with van der Waals surface area (Å²) >= 11 is 1.47. The molecule has 1 aromatic rings. The monoisotopic (exact) mass is 420 g/mol. The molecule has 0 fully saturated rings. The molecule has 0 amide bonds. The summed E-state index contributed by atoms with van der Waals surface area (Å²) in [7, 11) is 0. The average molecular weight is 420 g/mol. The van der Waals surface area contributed by atoms with E-state index < -0.39 is 35.2 Å². The number of esters is 1. The van der Waals surface area contributed by atoms with Crippen molar-refractivity contribution in [2.24, 2.45) is 0 Å². The van der Waals surface area contributed by atoms with Crippen LogP contribution < -0.4 is 4.74 Å². The summed E-state index contributed by atoms with van der Waals surface area (Å²) in [5.41, 5.74) is -1.04. The van der Waals surface area contributed by atoms with E-state index in [0.29, 0.717) is 0 Å². The summed E-state index contributed by atoms with van der Waals surface area (Å²) in [6.45, 7) is 1.65. The van der Waals surface area contributed by atoms with Crippen LogP contribution in [0, 0.1) is 13.7 Å². The van der Waals surface area contributed by atoms with E-state index in [4.69, 9.17) is 0 Å². The van der Waals surface area contributed by atoms with Gasteiger partial charge in [-0.15, -0.1) is 13.2 Å². The molecule has 0 aliphatic rings. The molecule has 0 saturated carbocycles. The van der Waals surface area contributed by atoms with Gasteiger partial charge in [-0.3, -0.25) is 14.9 Å². The molecule has 0 bridgehead atoms. The van der Waals surface area contributed by atoms with Gasteiger partial charge in [0.2, 0.25) is 0 Å². The highest BCUT2D eigenvalue weighted by molar-refractivity contribution is 14.1. The number of carbonyl (C=O) groups excluding carboxylic acids is 1. The molecular weight excluding hydrogens is 412 g/mol. The van der Waals surface area contributed by atoms with Gasteiger partial charge in [-0.1, -0.05) is 0 Å². The zero-order valence-corrected chi connectivity index (χ0v) is 12.6. The highest BCUT2D eigenvalue weighted by Crippen LogP contribution is 2.34. The van der Waals surface area contributed by atoms with Crippen molar-refractivity contribution in [2.45, 2.75) is 19.7 Å². The third-order valence-electron chi connectivity index (χ3n) is 1.99. The molecule has 11 heteroatoms. The predicted molar refractivity (Wildman–Crippen MR) is 70.6 cm³/mol. The largest absolute Gasteiger partial charge is 0.574 e. The van der Waals surface area contributed by atoms with Gasteiger partial charge in [-0.2, -0.15) is 0 Å². The second-order valence-corrected chi connectivity index (χ2v) is 4.70. The van der Waals surface area contributed by atoms with E-state index >= 15 is 0 Å². The second kappa shape index (κ2) is 6.87. The zero-order valence-electron chi connectivity index (χ0n) is 10.4. The van der Waals surface area contributed by atoms with Crippen LogP contribution in [0.5, 0.6) is 5.88 Å². The van der Waals surface area contributed by atoms with Crippen LogP contribution in [0.4, 0.5) is 18.9 Å². The number of pyridine rings is 1. The van der Waals surface area contributed by atoms with Crippen LogP contribution in [0.3, 0.4) is 0 Å². The summed E-state index contributed by atoms with van der Waals surface area (Å²) in [6.07, 6.45) is -5.56. The Labute approximate surface area is 129 Å². The predicted octanol–water partition coefficient (Wildman–Crippen LogP) is 2.60. The van der Waals surface area contributed by atoms with E-state index in [2.05, 4.69) is 14.5 Å². The van der Waals surface area contributed by atoms with Crippen molar-refractivity contribution in [3.63, 3.8) is 0 Å². The summed E-state index contributed by atoms with van der Waals surface area (Å²) < 4.78 is 44.8. The molecule has 0 aliphatic heterocycles. The Hall–Kier alpha value is -1.66. The van der Waals surface area contributed by atoms with E-state index in [1.54, 1.807) is 6.92 Å². The Morgan fingerprint density at radius 1 is 1.52 bits per heavy atom. The van der Waals surface area contributed by atoms with E-state index in [0.717, 1.165) is 6.07 Å². The van der Waals surface area contributed by atoms with Crippen LogP contribution in [0.1, 0.15) is 12.6 Å². The summed E-state index contributed by atoms with van der Waals surface area (Å²) in [6, 6.07) is 1.12. The SMILES string of the molecule is CCOC(=O)Cc1cc(I)c([N+](=O)[O-])c(OC(F)(F)F)n1. The number of aromatic nitrogens is 1. The lowest BCUT2D eigenvalue weighted by atomic mass is 10.2. The number of rotatable bonds is 5. The van der Waals surface area contributed by atoms with Gasteiger partial charge in [0.05, 0.1) is 27.2 Å². The lowest BCUT2D eigenvalue weighted by molar-refractivity contribution is -0.390. The first-order valence-electron chi connectivity index (χ1n) is 5.39. The van der Waals surface area contributed by atoms with Crippen molar-refractivity contribution in [2.75, 3.05) is 6.61 Å². The Balaban J connectivity index is 3.20. The van der Waals surface area contributed by atoms with Gasteiger partial charge >= 0.3 is 23.9 Å². The van der Waals surface area contributed by atoms with Crippen LogP contribution >= 0.6 is 22.6 Å². The lowest BCUT2D eigenvalue weighted by Gasteiger charge is -2.10. The standard InChI is InChI=1S/C10H8F3IN2O5/c1-2-20-7(17)4-5-3-6(14)8(16(18)19)9(15-5)21-10(11,12)13/h3H,2,4H2,1H3. The van der Waals surface area contributed by atoms with Gasteiger partial charge in [-0.25, -0.2) is 4.98 Å². The highest BCUT2D eigenvalue weighted by atomic mass is 127. The van der Waals surface area contributed by atoms with Gasteiger partial charge in [-0.05, 0) is 35.6 Å². The molecule has 0 radical (unpaired) electrons. The number of alkyl halides is 3. The fourth-order valence-corrected chi connectivity index (χ4v) is 2.12. The first-order valence-corrected chi connectivity index (χ1v) is 6.47. The van der Waals surface area contributed by atoms with Crippen LogP contribution in [0.25, 0.3) is 0 Å². The Kier molecular flexibility index (Phi) is 5.69. The number of carbonyl (C=O) groups is 1. The topological polar surface area (TPSA) is 91.6 Å². The van der Waals surface area contributed by atoms with Gasteiger partial charge in [0.15, 0.2) is 0 Å². The molecule has 21 heavy (non-hydrogen) atoms. The van der Waals surface area contributed by atoms with Gasteiger partial charge in [0.25, 0.3) is 0 Å². The first-order chi connectivity index (χ1) is 9.64. The maximum Gasteiger partial charge on any atom is 0.574 e. The molecule has 7 nitrogen and oxygen atoms in total. The third-order valence-corrected chi connectivity index (χ3v) is 2.82. The third kappa shape index (κ3) is 5.32. The fourth-order valence-electron chi connectivity index (χ4n) is 1.33. The van der Waals surface area contributed by atoms with Gasteiger partial charge in [0.1, 0.15) is 0 Å². The van der Waals surface area contributed by atoms with Gasteiger partial charge < -0.3 is 9.47 Å². The van der Waals surface area contributed by atoms with Crippen molar-refractivity contribution in [3.05, 3.63) is 25.4 Å². The molecular formula is C10H8F3IN2O5. The minimum atomic E-state index is -5.14. The highest BCUT2D eigenvalue weighted by Gasteiger charge is 2.37. The van der Waals surface area contributed by atoms with E-state index in [9.17, 15) is 28.1 Å². The molecule has 116 valence electrons. The van der Waals surface area contributed by atoms with Crippen molar-refractivity contribution in [3.8, 4) is 5.88 Å². The van der Waals surface area contributed by atoms with E-state index in [1.807, 2.05) is 0 Å². The average Bonchev–Trinajstić information content (AvgIpc) is 2.24. The number of hydrogen-bond donors (Lipinski definition) is 0. The van der Waals surface area contributed by atoms with E-state index in [1.165, 1.54) is 22.6 Å². The van der Waals surface area contributed by atoms with Crippen LogP contribution in [-0.4, -0.2) is 28.8 Å². The molecule has 0 aliphatic carbocycles. The molecule has 0 atom stereocenters. The number of hydrogen-bond acceptors (Lipinski definition) is 6. The molecule has 0 aromatic carbocycles. The summed E-state index contributed by atoms with van der Waals surface area (Å²) in [4.78, 5) is 24.4. The number of nitro groups is 1. The molecule has 0 unspecified atom stereocenters. The normalized spacial score (nSPS) is 11.1. The smallest absolute Gasteiger partial charge is 0.466 e. The van der Waals surface area contributed by atoms with Crippen molar-refractivity contribution in [1.29, 1.82) is 0 Å². The Morgan fingerprint density at radius 2 is 2.14 bits per heavy atom. The number of nitrogens with zero attached hydrogens (tertiary/aromatic N) is 2. The Morgan fingerprint density at radius 3 is 2.62 bits per heavy atom. The van der Waals surface area contributed by atoms with Crippen LogP contribution in [0.15, 0.2) is 6.07 Å². The van der Waals surface area contributed by atoms with Gasteiger partial charge in [0, 0.05) is 0 Å². The maximum absolute atomic E-state index is 12.3. The molecule has 0 saturated heterocycles. The van der Waals surface area contributed by atoms with Crippen molar-refractivity contribution >= 4 is 34.2 Å². The molecule has 1 heterocycles. The fraction of sp³-hybridized carbons (Fsp3) is 0.400. The maximum atomic E-state index is 12.3. The molecule has 0 N–H and O–H groups in total. The lowest BCUT2D eigenvalue weighted by Crippen LogP contribution is -2.20. The molecule has 1 rings (SSSR count). The molecule has 0 spiro atoms. The quantitative estimate of drug-likeness (QED) is 0.315. The minimum Gasteiger partial charge on any atom is -0.466 e. The molecule has 1 aromatic heterocycles. The minimum absolute atomic E-state index is 0.0921. The zero-order chi connectivity index (χ0) is 16.2. The van der Waals surface area contributed by atoms with Crippen LogP contribution in [-0.2, 0) is 16.0 Å². The number of halogens is 4. The van der Waals surface area contributed by atoms with Crippen LogP contribution in [0.2, 0.25) is 0 Å². The van der Waals surface area contributed by atoms with Crippen molar-refractivity contribution in [1.82, 2.24) is 4.98 Å². The first kappa shape index (κ1) is 17.4. The Bertz CT molecular complexity index is 564. The second-order valence-electron chi connectivity index (χ2n) is 3.54. The van der Waals surface area contributed by atoms with E-state index in [-0.39, 0.29) is 15.9 Å². The van der Waals surface area contributed by atoms with Crippen molar-refractivity contribution < 1.29 is 32.4 Å². The summed E-state index contributed by atoms with van der Waals surface area (Å²) in [5.74, 6) is -1.92. The number of ether oxygens (including phenoxy) is 2. The summed E-state index contributed by atoms with van der Waals surface area (Å²) in [5, 5.41) is 10.8.